The van der Waals surface area contributed by atoms with Crippen molar-refractivity contribution >= 4 is 63.3 Å². The van der Waals surface area contributed by atoms with Gasteiger partial charge in [-0.15, -0.1) is 0 Å². The van der Waals surface area contributed by atoms with E-state index in [9.17, 15) is 25.3 Å². The van der Waals surface area contributed by atoms with E-state index in [-0.39, 0.29) is 27.0 Å². The SMILES string of the molecule is Nc1ccc2c(S(=O)(=O)O)cccc2c1S(=O)(=O)O.Nc1ccc2ccccc2c1S(=O)(=O)O. The summed E-state index contributed by atoms with van der Waals surface area (Å²) in [4.78, 5) is -1.27. The van der Waals surface area contributed by atoms with Gasteiger partial charge in [0.05, 0.1) is 11.4 Å². The van der Waals surface area contributed by atoms with Crippen LogP contribution in [0.2, 0.25) is 0 Å². The Kier molecular flexibility index (Phi) is 6.58. The number of benzene rings is 4. The number of hydrogen-bond acceptors (Lipinski definition) is 8. The zero-order valence-electron chi connectivity index (χ0n) is 17.0. The molecule has 0 atom stereocenters. The van der Waals surface area contributed by atoms with Crippen molar-refractivity contribution in [1.82, 2.24) is 0 Å². The average molecular weight is 527 g/mol. The van der Waals surface area contributed by atoms with Crippen LogP contribution in [-0.2, 0) is 30.4 Å². The highest BCUT2D eigenvalue weighted by molar-refractivity contribution is 7.86. The lowest BCUT2D eigenvalue weighted by Crippen LogP contribution is -2.06. The van der Waals surface area contributed by atoms with Gasteiger partial charge in [0, 0.05) is 16.2 Å². The molecule has 7 N–H and O–H groups in total. The Morgan fingerprint density at radius 2 is 1.00 bits per heavy atom. The molecular formula is C20H18N2O9S3. The van der Waals surface area contributed by atoms with Crippen LogP contribution in [0.15, 0.2) is 81.4 Å². The first-order chi connectivity index (χ1) is 15.6. The van der Waals surface area contributed by atoms with Gasteiger partial charge >= 0.3 is 0 Å². The fourth-order valence-corrected chi connectivity index (χ4v) is 5.74. The Balaban J connectivity index is 0.000000196. The van der Waals surface area contributed by atoms with Gasteiger partial charge in [0.25, 0.3) is 30.4 Å². The van der Waals surface area contributed by atoms with Crippen LogP contribution in [-0.4, -0.2) is 38.9 Å². The number of fused-ring (bicyclic) bond motifs is 2. The standard InChI is InChI=1S/C10H9NO6S2.C10H9NO3S/c11-8-5-4-6-7(10(8)19(15,16)17)2-1-3-9(6)18(12,13)14;11-9-6-5-7-3-1-2-4-8(7)10(9)15(12,13)14/h1-5H,11H2,(H,12,13,14)(H,15,16,17);1-6H,11H2,(H,12,13,14). The summed E-state index contributed by atoms with van der Waals surface area (Å²) >= 11 is 0. The maximum atomic E-state index is 11.3. The molecular weight excluding hydrogens is 508 g/mol. The van der Waals surface area contributed by atoms with Gasteiger partial charge in [-0.25, -0.2) is 0 Å². The molecule has 34 heavy (non-hydrogen) atoms. The molecule has 0 saturated heterocycles. The van der Waals surface area contributed by atoms with E-state index in [1.807, 2.05) is 0 Å². The number of anilines is 2. The monoisotopic (exact) mass is 526 g/mol. The molecule has 0 aromatic heterocycles. The first-order valence-corrected chi connectivity index (χ1v) is 13.5. The van der Waals surface area contributed by atoms with Crippen LogP contribution in [0.25, 0.3) is 21.5 Å². The van der Waals surface area contributed by atoms with E-state index < -0.39 is 40.1 Å². The first kappa shape index (κ1) is 25.4. The van der Waals surface area contributed by atoms with E-state index in [0.717, 1.165) is 17.5 Å². The highest BCUT2D eigenvalue weighted by Crippen LogP contribution is 2.32. The number of rotatable bonds is 3. The number of nitrogen functional groups attached to an aromatic ring is 2. The third-order valence-corrected chi connectivity index (χ3v) is 7.56. The van der Waals surface area contributed by atoms with Gasteiger partial charge in [-0.05, 0) is 23.6 Å². The smallest absolute Gasteiger partial charge is 0.297 e. The Bertz CT molecular complexity index is 1750. The van der Waals surface area contributed by atoms with Crippen LogP contribution in [0.4, 0.5) is 11.4 Å². The lowest BCUT2D eigenvalue weighted by atomic mass is 10.1. The predicted octanol–water partition coefficient (Wildman–Crippen LogP) is 2.58. The second-order valence-corrected chi connectivity index (χ2v) is 11.1. The van der Waals surface area contributed by atoms with Crippen molar-refractivity contribution in [3.63, 3.8) is 0 Å². The summed E-state index contributed by atoms with van der Waals surface area (Å²) in [6.07, 6.45) is 0. The maximum Gasteiger partial charge on any atom is 0.297 e. The number of nitrogens with two attached hydrogens (primary N) is 2. The van der Waals surface area contributed by atoms with Crippen LogP contribution in [0.5, 0.6) is 0 Å². The molecule has 0 aliphatic heterocycles. The topological polar surface area (TPSA) is 215 Å². The van der Waals surface area contributed by atoms with Crippen LogP contribution < -0.4 is 11.5 Å². The molecule has 0 heterocycles. The van der Waals surface area contributed by atoms with Gasteiger partial charge < -0.3 is 11.5 Å². The molecule has 0 fully saturated rings. The van der Waals surface area contributed by atoms with E-state index in [4.69, 9.17) is 25.1 Å². The Morgan fingerprint density at radius 1 is 0.500 bits per heavy atom. The minimum atomic E-state index is -4.62. The summed E-state index contributed by atoms with van der Waals surface area (Å²) in [5.74, 6) is 0. The molecule has 0 aliphatic rings. The first-order valence-electron chi connectivity index (χ1n) is 9.13. The molecule has 0 spiro atoms. The van der Waals surface area contributed by atoms with Gasteiger partial charge in [-0.2, -0.15) is 25.3 Å². The van der Waals surface area contributed by atoms with Crippen LogP contribution in [0.3, 0.4) is 0 Å². The van der Waals surface area contributed by atoms with E-state index >= 15 is 0 Å². The second kappa shape index (κ2) is 8.83. The second-order valence-electron chi connectivity index (χ2n) is 6.97. The van der Waals surface area contributed by atoms with Crippen molar-refractivity contribution in [2.24, 2.45) is 0 Å². The lowest BCUT2D eigenvalue weighted by Gasteiger charge is -2.09. The Hall–Kier alpha value is -3.27. The van der Waals surface area contributed by atoms with Gasteiger partial charge in [0.2, 0.25) is 0 Å². The fourth-order valence-electron chi connectivity index (χ4n) is 3.38. The fraction of sp³-hybridized carbons (Fsp3) is 0. The molecule has 0 radical (unpaired) electrons. The van der Waals surface area contributed by atoms with E-state index in [0.29, 0.717) is 5.39 Å². The van der Waals surface area contributed by atoms with Crippen molar-refractivity contribution in [2.75, 3.05) is 11.5 Å². The molecule has 180 valence electrons. The highest BCUT2D eigenvalue weighted by atomic mass is 32.2. The third kappa shape index (κ3) is 5.11. The predicted molar refractivity (Wildman–Crippen MR) is 126 cm³/mol. The van der Waals surface area contributed by atoms with Crippen LogP contribution >= 0.6 is 0 Å². The van der Waals surface area contributed by atoms with Crippen LogP contribution in [0, 0.1) is 0 Å². The van der Waals surface area contributed by atoms with Gasteiger partial charge in [-0.1, -0.05) is 48.5 Å². The van der Waals surface area contributed by atoms with Crippen LogP contribution in [0.1, 0.15) is 0 Å². The van der Waals surface area contributed by atoms with Crippen molar-refractivity contribution in [3.05, 3.63) is 66.7 Å². The van der Waals surface area contributed by atoms with Crippen molar-refractivity contribution in [3.8, 4) is 0 Å². The van der Waals surface area contributed by atoms with E-state index in [1.54, 1.807) is 30.3 Å². The molecule has 14 heteroatoms. The zero-order valence-corrected chi connectivity index (χ0v) is 19.5. The summed E-state index contributed by atoms with van der Waals surface area (Å²) in [5.41, 5.74) is 10.8. The van der Waals surface area contributed by atoms with E-state index in [1.165, 1.54) is 24.3 Å². The van der Waals surface area contributed by atoms with Crippen molar-refractivity contribution < 1.29 is 38.9 Å². The maximum absolute atomic E-state index is 11.3. The number of hydrogen-bond donors (Lipinski definition) is 5. The summed E-state index contributed by atoms with van der Waals surface area (Å²) in [7, 11) is -13.4. The van der Waals surface area contributed by atoms with E-state index in [2.05, 4.69) is 0 Å². The molecule has 0 bridgehead atoms. The lowest BCUT2D eigenvalue weighted by molar-refractivity contribution is 0.481. The minimum absolute atomic E-state index is 0.0492. The zero-order chi connectivity index (χ0) is 25.5. The van der Waals surface area contributed by atoms with Gasteiger partial charge in [0.15, 0.2) is 0 Å². The Labute approximate surface area is 194 Å². The highest BCUT2D eigenvalue weighted by Gasteiger charge is 2.22. The summed E-state index contributed by atoms with van der Waals surface area (Å²) < 4.78 is 94.6. The summed E-state index contributed by atoms with van der Waals surface area (Å²) in [6.45, 7) is 0. The quantitative estimate of drug-likeness (QED) is 0.193. The molecule has 0 unspecified atom stereocenters. The molecule has 11 nitrogen and oxygen atoms in total. The molecule has 4 aromatic rings. The van der Waals surface area contributed by atoms with Gasteiger partial charge in [-0.3, -0.25) is 13.7 Å². The Morgan fingerprint density at radius 3 is 1.56 bits per heavy atom. The minimum Gasteiger partial charge on any atom is -0.398 e. The average Bonchev–Trinajstić information content (AvgIpc) is 2.70. The molecule has 4 rings (SSSR count). The third-order valence-electron chi connectivity index (χ3n) is 4.71. The molecule has 0 saturated carbocycles. The molecule has 0 aliphatic carbocycles. The summed E-state index contributed by atoms with van der Waals surface area (Å²) in [5, 5.41) is 1.02. The normalized spacial score (nSPS) is 12.3. The molecule has 4 aromatic carbocycles. The van der Waals surface area contributed by atoms with Crippen molar-refractivity contribution in [2.45, 2.75) is 14.7 Å². The molecule has 0 amide bonds. The summed E-state index contributed by atoms with van der Waals surface area (Å²) in [6, 6.07) is 16.0. The van der Waals surface area contributed by atoms with Crippen molar-refractivity contribution in [1.29, 1.82) is 0 Å². The largest absolute Gasteiger partial charge is 0.398 e. The van der Waals surface area contributed by atoms with Gasteiger partial charge in [0.1, 0.15) is 14.7 Å².